The van der Waals surface area contributed by atoms with Crippen LogP contribution in [-0.4, -0.2) is 30.8 Å². The van der Waals surface area contributed by atoms with E-state index in [1.54, 1.807) is 55.5 Å². The zero-order chi connectivity index (χ0) is 25.3. The Kier molecular flexibility index (Phi) is 7.93. The summed E-state index contributed by atoms with van der Waals surface area (Å²) in [4.78, 5) is 24.8. The van der Waals surface area contributed by atoms with E-state index in [1.165, 1.54) is 6.21 Å². The minimum Gasteiger partial charge on any atom is -0.494 e. The molecule has 1 N–H and O–H groups in total. The van der Waals surface area contributed by atoms with Crippen molar-refractivity contribution in [2.45, 2.75) is 20.0 Å². The quantitative estimate of drug-likeness (QED) is 0.150. The number of rotatable bonds is 9. The minimum atomic E-state index is -0.739. The zero-order valence-electron chi connectivity index (χ0n) is 20.0. The van der Waals surface area contributed by atoms with Gasteiger partial charge in [-0.05, 0) is 79.4 Å². The monoisotopic (exact) mass is 482 g/mol. The molecule has 36 heavy (non-hydrogen) atoms. The Balaban J connectivity index is 1.29. The fraction of sp³-hybridized carbons (Fsp3) is 0.138. The van der Waals surface area contributed by atoms with Crippen LogP contribution in [0.3, 0.4) is 0 Å². The van der Waals surface area contributed by atoms with Crippen LogP contribution < -0.4 is 19.6 Å². The zero-order valence-corrected chi connectivity index (χ0v) is 20.0. The fourth-order valence-corrected chi connectivity index (χ4v) is 3.45. The molecule has 0 saturated heterocycles. The van der Waals surface area contributed by atoms with Gasteiger partial charge in [0.25, 0.3) is 5.91 Å². The highest BCUT2D eigenvalue weighted by Gasteiger charge is 2.15. The van der Waals surface area contributed by atoms with Gasteiger partial charge < -0.3 is 14.2 Å². The number of nitrogens with one attached hydrogen (secondary N) is 1. The van der Waals surface area contributed by atoms with Crippen LogP contribution in [0.5, 0.6) is 17.2 Å². The molecule has 182 valence electrons. The molecule has 1 amide bonds. The van der Waals surface area contributed by atoms with Gasteiger partial charge in [0, 0.05) is 5.39 Å². The van der Waals surface area contributed by atoms with Gasteiger partial charge in [0.1, 0.15) is 17.2 Å². The van der Waals surface area contributed by atoms with Crippen molar-refractivity contribution in [3.8, 4) is 17.2 Å². The lowest BCUT2D eigenvalue weighted by Crippen LogP contribution is -2.33. The second-order valence-corrected chi connectivity index (χ2v) is 7.89. The highest BCUT2D eigenvalue weighted by atomic mass is 16.5. The number of esters is 1. The van der Waals surface area contributed by atoms with E-state index in [0.29, 0.717) is 29.4 Å². The van der Waals surface area contributed by atoms with Gasteiger partial charge in [-0.15, -0.1) is 0 Å². The Morgan fingerprint density at radius 1 is 0.889 bits per heavy atom. The molecular weight excluding hydrogens is 456 g/mol. The Morgan fingerprint density at radius 3 is 2.33 bits per heavy atom. The predicted molar refractivity (Wildman–Crippen MR) is 139 cm³/mol. The second-order valence-electron chi connectivity index (χ2n) is 7.89. The van der Waals surface area contributed by atoms with Crippen LogP contribution in [0.15, 0.2) is 96.1 Å². The summed E-state index contributed by atoms with van der Waals surface area (Å²) in [6, 6.07) is 27.1. The van der Waals surface area contributed by atoms with Crippen LogP contribution in [0, 0.1) is 0 Å². The summed E-state index contributed by atoms with van der Waals surface area (Å²) >= 11 is 0. The third-order valence-electron chi connectivity index (χ3n) is 5.30. The number of hydrogen-bond donors (Lipinski definition) is 1. The summed E-state index contributed by atoms with van der Waals surface area (Å²) in [7, 11) is 0. The molecule has 4 aromatic rings. The van der Waals surface area contributed by atoms with Gasteiger partial charge in [0.15, 0.2) is 6.10 Å². The Morgan fingerprint density at radius 2 is 1.58 bits per heavy atom. The standard InChI is InChI=1S/C29H26N2O5/c1-3-34-24-17-13-23(14-18-24)29(33)36-25-15-11-21(12-16-25)19-30-31-28(32)20(2)35-27-10-6-8-22-7-4-5-9-26(22)27/h4-20H,3H2,1-2H3,(H,31,32)/b30-19-/t20-/m0/s1. The SMILES string of the molecule is CCOc1ccc(C(=O)Oc2ccc(/C=N\NC(=O)[C@H](C)Oc3cccc4ccccc34)cc2)cc1. The molecule has 0 bridgehead atoms. The van der Waals surface area contributed by atoms with Crippen LogP contribution >= 0.6 is 0 Å². The number of nitrogens with zero attached hydrogens (tertiary/aromatic N) is 1. The van der Waals surface area contributed by atoms with Crippen molar-refractivity contribution in [1.29, 1.82) is 0 Å². The molecule has 0 unspecified atom stereocenters. The molecule has 0 radical (unpaired) electrons. The molecule has 4 aromatic carbocycles. The molecule has 1 atom stereocenters. The second kappa shape index (κ2) is 11.7. The van der Waals surface area contributed by atoms with Crippen LogP contribution in [0.25, 0.3) is 10.8 Å². The molecule has 0 aliphatic heterocycles. The number of fused-ring (bicyclic) bond motifs is 1. The van der Waals surface area contributed by atoms with Crippen molar-refractivity contribution in [1.82, 2.24) is 5.43 Å². The molecule has 7 nitrogen and oxygen atoms in total. The van der Waals surface area contributed by atoms with Crippen molar-refractivity contribution in [3.05, 3.63) is 102 Å². The van der Waals surface area contributed by atoms with E-state index in [-0.39, 0.29) is 5.91 Å². The highest BCUT2D eigenvalue weighted by molar-refractivity contribution is 5.91. The Bertz CT molecular complexity index is 1360. The van der Waals surface area contributed by atoms with Crippen LogP contribution in [0.1, 0.15) is 29.8 Å². The predicted octanol–water partition coefficient (Wildman–Crippen LogP) is 5.38. The highest BCUT2D eigenvalue weighted by Crippen LogP contribution is 2.26. The average Bonchev–Trinajstić information content (AvgIpc) is 2.90. The number of carbonyl (C=O) groups excluding carboxylic acids is 2. The first-order valence-electron chi connectivity index (χ1n) is 11.6. The van der Waals surface area contributed by atoms with Gasteiger partial charge in [0.2, 0.25) is 0 Å². The molecule has 0 fully saturated rings. The number of hydrazone groups is 1. The van der Waals surface area contributed by atoms with Gasteiger partial charge in [-0.1, -0.05) is 36.4 Å². The number of hydrogen-bond acceptors (Lipinski definition) is 6. The van der Waals surface area contributed by atoms with Crippen LogP contribution in [-0.2, 0) is 4.79 Å². The molecule has 0 aliphatic carbocycles. The van der Waals surface area contributed by atoms with E-state index in [0.717, 1.165) is 16.3 Å². The smallest absolute Gasteiger partial charge is 0.343 e. The number of carbonyl (C=O) groups is 2. The molecular formula is C29H26N2O5. The number of ether oxygens (including phenoxy) is 3. The number of amides is 1. The summed E-state index contributed by atoms with van der Waals surface area (Å²) in [5, 5.41) is 5.98. The summed E-state index contributed by atoms with van der Waals surface area (Å²) in [5.41, 5.74) is 3.63. The first-order valence-corrected chi connectivity index (χ1v) is 11.6. The first-order chi connectivity index (χ1) is 17.5. The van der Waals surface area contributed by atoms with Crippen molar-refractivity contribution >= 4 is 28.9 Å². The van der Waals surface area contributed by atoms with Crippen LogP contribution in [0.4, 0.5) is 0 Å². The van der Waals surface area contributed by atoms with Crippen molar-refractivity contribution in [2.75, 3.05) is 6.61 Å². The lowest BCUT2D eigenvalue weighted by Gasteiger charge is -2.14. The number of benzene rings is 4. The lowest BCUT2D eigenvalue weighted by atomic mass is 10.1. The lowest BCUT2D eigenvalue weighted by molar-refractivity contribution is -0.127. The normalized spacial score (nSPS) is 11.7. The summed E-state index contributed by atoms with van der Waals surface area (Å²) in [5.74, 6) is 0.883. The van der Waals surface area contributed by atoms with Gasteiger partial charge in [-0.25, -0.2) is 10.2 Å². The average molecular weight is 483 g/mol. The van der Waals surface area contributed by atoms with E-state index in [4.69, 9.17) is 14.2 Å². The van der Waals surface area contributed by atoms with Crippen molar-refractivity contribution < 1.29 is 23.8 Å². The van der Waals surface area contributed by atoms with Gasteiger partial charge >= 0.3 is 5.97 Å². The van der Waals surface area contributed by atoms with E-state index >= 15 is 0 Å². The first kappa shape index (κ1) is 24.5. The fourth-order valence-electron chi connectivity index (χ4n) is 3.45. The molecule has 7 heteroatoms. The molecule has 0 heterocycles. The largest absolute Gasteiger partial charge is 0.494 e. The summed E-state index contributed by atoms with van der Waals surface area (Å²) < 4.78 is 16.6. The molecule has 0 aromatic heterocycles. The van der Waals surface area contributed by atoms with E-state index in [2.05, 4.69) is 10.5 Å². The molecule has 0 saturated carbocycles. The van der Waals surface area contributed by atoms with E-state index in [1.807, 2.05) is 49.4 Å². The summed E-state index contributed by atoms with van der Waals surface area (Å²) in [6.07, 6.45) is 0.762. The maximum Gasteiger partial charge on any atom is 0.343 e. The molecule has 0 aliphatic rings. The van der Waals surface area contributed by atoms with Crippen molar-refractivity contribution in [3.63, 3.8) is 0 Å². The third kappa shape index (κ3) is 6.27. The van der Waals surface area contributed by atoms with Crippen LogP contribution in [0.2, 0.25) is 0 Å². The maximum absolute atomic E-state index is 12.4. The third-order valence-corrected chi connectivity index (χ3v) is 5.30. The van der Waals surface area contributed by atoms with Gasteiger partial charge in [-0.2, -0.15) is 5.10 Å². The van der Waals surface area contributed by atoms with Gasteiger partial charge in [0.05, 0.1) is 18.4 Å². The maximum atomic E-state index is 12.4. The van der Waals surface area contributed by atoms with E-state index in [9.17, 15) is 9.59 Å². The van der Waals surface area contributed by atoms with E-state index < -0.39 is 12.1 Å². The van der Waals surface area contributed by atoms with Gasteiger partial charge in [-0.3, -0.25) is 4.79 Å². The topological polar surface area (TPSA) is 86.2 Å². The van der Waals surface area contributed by atoms with Crippen molar-refractivity contribution in [2.24, 2.45) is 5.10 Å². The summed E-state index contributed by atoms with van der Waals surface area (Å²) in [6.45, 7) is 4.12. The molecule has 4 rings (SSSR count). The Hall–Kier alpha value is -4.65. The minimum absolute atomic E-state index is 0.375. The molecule has 0 spiro atoms. The Labute approximate surface area is 209 Å².